The number of nitrogens with zero attached hydrogens (tertiary/aromatic N) is 1. The third kappa shape index (κ3) is 11.6. The fourth-order valence-corrected chi connectivity index (χ4v) is 4.73. The van der Waals surface area contributed by atoms with E-state index in [1.54, 1.807) is 24.4 Å². The smallest absolute Gasteiger partial charge is 0.404 e. The van der Waals surface area contributed by atoms with Crippen molar-refractivity contribution in [3.63, 3.8) is 0 Å². The van der Waals surface area contributed by atoms with Gasteiger partial charge >= 0.3 is 6.09 Å². The van der Waals surface area contributed by atoms with Crippen LogP contribution in [-0.2, 0) is 16.0 Å². The van der Waals surface area contributed by atoms with Gasteiger partial charge < -0.3 is 20.7 Å². The molecule has 0 saturated carbocycles. The van der Waals surface area contributed by atoms with Gasteiger partial charge in [0.15, 0.2) is 0 Å². The molecular weight excluding hydrogens is 480 g/mol. The number of aliphatic hydroxyl groups excluding tert-OH is 2. The van der Waals surface area contributed by atoms with Gasteiger partial charge in [-0.25, -0.2) is 4.79 Å². The number of ether oxygens (including phenoxy) is 1. The van der Waals surface area contributed by atoms with Crippen molar-refractivity contribution in [1.29, 1.82) is 0 Å². The number of hydrogen-bond donors (Lipinski definition) is 3. The molecule has 0 radical (unpaired) electrons. The Morgan fingerprint density at radius 3 is 2.39 bits per heavy atom. The first kappa shape index (κ1) is 33.0. The van der Waals surface area contributed by atoms with Crippen LogP contribution in [0.15, 0.2) is 72.5 Å². The summed E-state index contributed by atoms with van der Waals surface area (Å²) in [6.45, 7) is 15.1. The molecule has 1 aromatic rings. The third-order valence-electron chi connectivity index (χ3n) is 6.87. The molecule has 0 aromatic carbocycles. The molecule has 0 spiro atoms. The fourth-order valence-electron chi connectivity index (χ4n) is 4.73. The molecule has 0 aliphatic carbocycles. The predicted octanol–water partition coefficient (Wildman–Crippen LogP) is 5.34. The molecule has 0 bridgehead atoms. The van der Waals surface area contributed by atoms with Gasteiger partial charge in [0.2, 0.25) is 0 Å². The lowest BCUT2D eigenvalue weighted by atomic mass is 9.81. The van der Waals surface area contributed by atoms with Gasteiger partial charge in [0, 0.05) is 42.5 Å². The zero-order chi connectivity index (χ0) is 28.8. The van der Waals surface area contributed by atoms with Gasteiger partial charge in [0.1, 0.15) is 11.9 Å². The molecule has 0 saturated heterocycles. The molecule has 210 valence electrons. The summed E-state index contributed by atoms with van der Waals surface area (Å²) in [6, 6.07) is 5.49. The molecule has 4 N–H and O–H groups in total. The van der Waals surface area contributed by atoms with Gasteiger partial charge in [-0.1, -0.05) is 76.3 Å². The topological polar surface area (TPSA) is 123 Å². The van der Waals surface area contributed by atoms with E-state index < -0.39 is 24.4 Å². The highest BCUT2D eigenvalue weighted by Crippen LogP contribution is 2.28. The lowest BCUT2D eigenvalue weighted by Crippen LogP contribution is -2.41. The monoisotopic (exact) mass is 526 g/mol. The lowest BCUT2D eigenvalue weighted by molar-refractivity contribution is -0.117. The van der Waals surface area contributed by atoms with Gasteiger partial charge in [-0.15, -0.1) is 0 Å². The Hall–Kier alpha value is -3.03. The normalized spacial score (nSPS) is 18.2. The van der Waals surface area contributed by atoms with E-state index in [1.165, 1.54) is 0 Å². The maximum absolute atomic E-state index is 12.3. The molecule has 7 heteroatoms. The summed E-state index contributed by atoms with van der Waals surface area (Å²) in [5.74, 6) is -0.768. The van der Waals surface area contributed by atoms with Crippen molar-refractivity contribution in [3.8, 4) is 0 Å². The van der Waals surface area contributed by atoms with Crippen LogP contribution < -0.4 is 5.73 Å². The third-order valence-corrected chi connectivity index (χ3v) is 6.87. The number of carbonyl (C=O) groups excluding carboxylic acids is 2. The van der Waals surface area contributed by atoms with Crippen LogP contribution in [0, 0.1) is 23.7 Å². The highest BCUT2D eigenvalue weighted by molar-refractivity contribution is 5.81. The lowest BCUT2D eigenvalue weighted by Gasteiger charge is -2.33. The van der Waals surface area contributed by atoms with Gasteiger partial charge in [0.25, 0.3) is 0 Å². The number of amides is 1. The number of pyridine rings is 1. The number of Topliss-reactive ketones (excluding diaryl/α,β-unsaturated/α-hetero) is 1. The standard InChI is InChI=1S/C31H46N2O5/c1-8-9-12-22(4)30(38-31(32)37)25(7)29(36)24(6)18-20(2)17-23(5)28(35)21(3)14-15-27(34)19-26-13-10-11-16-33-26/h8-14,16-17,22-25,28-30,35-36H,1,15,18-19H2,2-7H3,(H2,32,37). The number of carbonyl (C=O) groups is 2. The van der Waals surface area contributed by atoms with Crippen LogP contribution in [0.3, 0.4) is 0 Å². The van der Waals surface area contributed by atoms with Crippen molar-refractivity contribution in [2.75, 3.05) is 0 Å². The van der Waals surface area contributed by atoms with Crippen molar-refractivity contribution >= 4 is 11.9 Å². The molecule has 1 aromatic heterocycles. The van der Waals surface area contributed by atoms with E-state index in [1.807, 2.05) is 71.9 Å². The molecule has 7 atom stereocenters. The van der Waals surface area contributed by atoms with Crippen LogP contribution >= 0.6 is 0 Å². The van der Waals surface area contributed by atoms with Crippen LogP contribution in [-0.4, -0.2) is 45.4 Å². The van der Waals surface area contributed by atoms with E-state index in [0.717, 1.165) is 16.8 Å². The Labute approximate surface area is 228 Å². The van der Waals surface area contributed by atoms with Gasteiger partial charge in [-0.2, -0.15) is 0 Å². The molecule has 7 unspecified atom stereocenters. The Bertz CT molecular complexity index is 985. The maximum atomic E-state index is 12.3. The first-order chi connectivity index (χ1) is 17.9. The van der Waals surface area contributed by atoms with Crippen molar-refractivity contribution in [2.45, 2.75) is 79.1 Å². The van der Waals surface area contributed by atoms with Gasteiger partial charge in [0.05, 0.1) is 12.2 Å². The molecule has 7 nitrogen and oxygen atoms in total. The van der Waals surface area contributed by atoms with Crippen molar-refractivity contribution in [1.82, 2.24) is 4.98 Å². The minimum Gasteiger partial charge on any atom is -0.445 e. The van der Waals surface area contributed by atoms with E-state index in [9.17, 15) is 19.8 Å². The quantitative estimate of drug-likeness (QED) is 0.197. The van der Waals surface area contributed by atoms with Gasteiger partial charge in [-0.3, -0.25) is 9.78 Å². The Kier molecular flexibility index (Phi) is 14.5. The fraction of sp³-hybridized carbons (Fsp3) is 0.516. The second-order valence-corrected chi connectivity index (χ2v) is 10.4. The average Bonchev–Trinajstić information content (AvgIpc) is 2.87. The summed E-state index contributed by atoms with van der Waals surface area (Å²) in [7, 11) is 0. The summed E-state index contributed by atoms with van der Waals surface area (Å²) in [4.78, 5) is 27.9. The van der Waals surface area contributed by atoms with E-state index >= 15 is 0 Å². The van der Waals surface area contributed by atoms with Crippen LogP contribution in [0.4, 0.5) is 4.79 Å². The predicted molar refractivity (Wildman–Crippen MR) is 152 cm³/mol. The van der Waals surface area contributed by atoms with E-state index in [0.29, 0.717) is 6.42 Å². The first-order valence-corrected chi connectivity index (χ1v) is 13.2. The van der Waals surface area contributed by atoms with Crippen molar-refractivity contribution in [2.24, 2.45) is 29.4 Å². The van der Waals surface area contributed by atoms with Gasteiger partial charge in [-0.05, 0) is 43.9 Å². The van der Waals surface area contributed by atoms with Crippen molar-refractivity contribution in [3.05, 3.63) is 78.2 Å². The molecule has 38 heavy (non-hydrogen) atoms. The summed E-state index contributed by atoms with van der Waals surface area (Å²) in [6.07, 6.45) is 8.92. The van der Waals surface area contributed by atoms with Crippen LogP contribution in [0.1, 0.15) is 60.1 Å². The molecule has 0 fully saturated rings. The minimum absolute atomic E-state index is 0.0412. The Morgan fingerprint density at radius 1 is 1.13 bits per heavy atom. The Balaban J connectivity index is 2.76. The molecule has 0 aliphatic rings. The summed E-state index contributed by atoms with van der Waals surface area (Å²) in [5.41, 5.74) is 7.79. The van der Waals surface area contributed by atoms with E-state index in [4.69, 9.17) is 10.5 Å². The summed E-state index contributed by atoms with van der Waals surface area (Å²) >= 11 is 0. The Morgan fingerprint density at radius 2 is 1.82 bits per heavy atom. The number of allylic oxidation sites excluding steroid dienone is 4. The zero-order valence-corrected chi connectivity index (χ0v) is 23.7. The second-order valence-electron chi connectivity index (χ2n) is 10.4. The number of hydrogen-bond acceptors (Lipinski definition) is 6. The summed E-state index contributed by atoms with van der Waals surface area (Å²) < 4.78 is 5.35. The number of ketones is 1. The first-order valence-electron chi connectivity index (χ1n) is 13.2. The molecule has 1 rings (SSSR count). The number of rotatable bonds is 16. The average molecular weight is 527 g/mol. The largest absolute Gasteiger partial charge is 0.445 e. The number of primary amides is 1. The van der Waals surface area contributed by atoms with E-state index in [-0.39, 0.29) is 42.3 Å². The molecular formula is C31H46N2O5. The molecule has 1 heterocycles. The number of aliphatic hydroxyl groups is 2. The molecule has 0 aliphatic heterocycles. The second kappa shape index (κ2) is 16.7. The van der Waals surface area contributed by atoms with Crippen LogP contribution in [0.25, 0.3) is 0 Å². The summed E-state index contributed by atoms with van der Waals surface area (Å²) in [5, 5.41) is 21.9. The zero-order valence-electron chi connectivity index (χ0n) is 23.7. The molecule has 1 amide bonds. The highest BCUT2D eigenvalue weighted by Gasteiger charge is 2.33. The number of nitrogens with two attached hydrogens (primary N) is 1. The van der Waals surface area contributed by atoms with Crippen molar-refractivity contribution < 1.29 is 24.5 Å². The number of aromatic nitrogens is 1. The van der Waals surface area contributed by atoms with Crippen LogP contribution in [0.5, 0.6) is 0 Å². The van der Waals surface area contributed by atoms with Crippen LogP contribution in [0.2, 0.25) is 0 Å². The maximum Gasteiger partial charge on any atom is 0.404 e. The SMILES string of the molecule is C=CC=CC(C)C(OC(N)=O)C(C)C(O)C(C)CC(C)=CC(C)C(O)C(C)=CCC(=O)Cc1ccccn1. The van der Waals surface area contributed by atoms with E-state index in [2.05, 4.69) is 11.6 Å². The minimum atomic E-state index is -0.874. The highest BCUT2D eigenvalue weighted by atomic mass is 16.6.